The van der Waals surface area contributed by atoms with E-state index in [1.165, 1.54) is 17.5 Å². The molecule has 2 rings (SSSR count). The van der Waals surface area contributed by atoms with Gasteiger partial charge in [-0.1, -0.05) is 6.92 Å². The monoisotopic (exact) mass is 251 g/mol. The minimum atomic E-state index is -0.329. The van der Waals surface area contributed by atoms with Crippen LogP contribution in [0.3, 0.4) is 0 Å². The fraction of sp³-hybridized carbons (Fsp3) is 0.333. The lowest BCUT2D eigenvalue weighted by molar-refractivity contribution is 0.586. The number of halogens is 1. The van der Waals surface area contributed by atoms with Crippen LogP contribution >= 0.6 is 11.3 Å². The molecule has 17 heavy (non-hydrogen) atoms. The van der Waals surface area contributed by atoms with Gasteiger partial charge in [-0.05, 0) is 19.5 Å². The molecule has 0 bridgehead atoms. The Hall–Kier alpha value is -1.33. The molecule has 0 saturated heterocycles. The van der Waals surface area contributed by atoms with Crippen LogP contribution in [0.4, 0.5) is 4.39 Å². The van der Waals surface area contributed by atoms with Crippen LogP contribution in [0, 0.1) is 5.82 Å². The summed E-state index contributed by atoms with van der Waals surface area (Å²) in [5.41, 5.74) is 1.46. The molecule has 0 aliphatic heterocycles. The molecule has 0 saturated carbocycles. The van der Waals surface area contributed by atoms with Gasteiger partial charge in [0.2, 0.25) is 0 Å². The van der Waals surface area contributed by atoms with Crippen LogP contribution in [0.1, 0.15) is 25.6 Å². The molecule has 1 N–H and O–H groups in total. The van der Waals surface area contributed by atoms with Crippen LogP contribution in [0.25, 0.3) is 10.6 Å². The van der Waals surface area contributed by atoms with Crippen molar-refractivity contribution < 1.29 is 4.39 Å². The third-order valence-corrected chi connectivity index (χ3v) is 3.37. The molecule has 5 heteroatoms. The van der Waals surface area contributed by atoms with Crippen molar-refractivity contribution in [3.63, 3.8) is 0 Å². The summed E-state index contributed by atoms with van der Waals surface area (Å²) in [6.45, 7) is 4.98. The molecule has 1 unspecified atom stereocenters. The van der Waals surface area contributed by atoms with E-state index in [1.807, 2.05) is 19.2 Å². The van der Waals surface area contributed by atoms with E-state index in [2.05, 4.69) is 15.3 Å². The van der Waals surface area contributed by atoms with E-state index < -0.39 is 0 Å². The number of pyridine rings is 1. The first kappa shape index (κ1) is 12.1. The van der Waals surface area contributed by atoms with E-state index in [0.29, 0.717) is 10.6 Å². The van der Waals surface area contributed by atoms with Gasteiger partial charge in [-0.15, -0.1) is 11.3 Å². The van der Waals surface area contributed by atoms with Crippen LogP contribution < -0.4 is 5.32 Å². The Labute approximate surface area is 104 Å². The van der Waals surface area contributed by atoms with Gasteiger partial charge in [-0.3, -0.25) is 4.98 Å². The lowest BCUT2D eigenvalue weighted by atomic mass is 10.2. The van der Waals surface area contributed by atoms with Crippen molar-refractivity contribution in [3.05, 3.63) is 35.4 Å². The first-order valence-electron chi connectivity index (χ1n) is 5.51. The molecule has 90 valence electrons. The van der Waals surface area contributed by atoms with Gasteiger partial charge in [0, 0.05) is 23.2 Å². The number of hydrogen-bond donors (Lipinski definition) is 1. The number of hydrogen-bond acceptors (Lipinski definition) is 4. The Kier molecular flexibility index (Phi) is 3.81. The second-order valence-electron chi connectivity index (χ2n) is 3.71. The van der Waals surface area contributed by atoms with Crippen LogP contribution in [0.15, 0.2) is 23.8 Å². The molecule has 2 aromatic rings. The average molecular weight is 251 g/mol. The van der Waals surface area contributed by atoms with Crippen molar-refractivity contribution in [2.75, 3.05) is 6.54 Å². The summed E-state index contributed by atoms with van der Waals surface area (Å²) in [6.07, 6.45) is 2.79. The van der Waals surface area contributed by atoms with E-state index in [0.717, 1.165) is 12.2 Å². The third kappa shape index (κ3) is 2.68. The Morgan fingerprint density at radius 1 is 1.53 bits per heavy atom. The molecule has 1 atom stereocenters. The average Bonchev–Trinajstić information content (AvgIpc) is 2.79. The van der Waals surface area contributed by atoms with Crippen LogP contribution in [0.2, 0.25) is 0 Å². The first-order chi connectivity index (χ1) is 8.22. The van der Waals surface area contributed by atoms with Crippen molar-refractivity contribution in [3.8, 4) is 10.6 Å². The van der Waals surface area contributed by atoms with Crippen molar-refractivity contribution in [1.82, 2.24) is 15.3 Å². The van der Waals surface area contributed by atoms with Crippen molar-refractivity contribution in [2.24, 2.45) is 0 Å². The summed E-state index contributed by atoms with van der Waals surface area (Å²) >= 11 is 1.45. The molecule has 0 aliphatic carbocycles. The van der Waals surface area contributed by atoms with Gasteiger partial charge in [-0.2, -0.15) is 0 Å². The highest BCUT2D eigenvalue weighted by Crippen LogP contribution is 2.27. The Balaban J connectivity index is 2.27. The summed E-state index contributed by atoms with van der Waals surface area (Å²) < 4.78 is 13.5. The zero-order valence-corrected chi connectivity index (χ0v) is 10.6. The Morgan fingerprint density at radius 2 is 2.35 bits per heavy atom. The molecule has 0 amide bonds. The topological polar surface area (TPSA) is 37.8 Å². The van der Waals surface area contributed by atoms with Crippen LogP contribution in [0.5, 0.6) is 0 Å². The van der Waals surface area contributed by atoms with Gasteiger partial charge in [0.15, 0.2) is 5.82 Å². The Bertz CT molecular complexity index is 498. The second-order valence-corrected chi connectivity index (χ2v) is 4.57. The normalized spacial score (nSPS) is 12.6. The molecular formula is C12H14FN3S. The number of nitrogens with zero attached hydrogens (tertiary/aromatic N) is 2. The highest BCUT2D eigenvalue weighted by molar-refractivity contribution is 7.13. The highest BCUT2D eigenvalue weighted by Gasteiger charge is 2.12. The molecule has 0 spiro atoms. The number of thiazole rings is 1. The fourth-order valence-corrected chi connectivity index (χ4v) is 2.51. The number of rotatable bonds is 4. The quantitative estimate of drug-likeness (QED) is 0.907. The predicted molar refractivity (Wildman–Crippen MR) is 67.4 cm³/mol. The molecule has 0 aliphatic rings. The van der Waals surface area contributed by atoms with Gasteiger partial charge < -0.3 is 5.32 Å². The zero-order valence-electron chi connectivity index (χ0n) is 9.77. The molecular weight excluding hydrogens is 237 g/mol. The fourth-order valence-electron chi connectivity index (χ4n) is 1.57. The van der Waals surface area contributed by atoms with Crippen LogP contribution in [-0.2, 0) is 0 Å². The van der Waals surface area contributed by atoms with E-state index in [9.17, 15) is 4.39 Å². The van der Waals surface area contributed by atoms with Gasteiger partial charge >= 0.3 is 0 Å². The van der Waals surface area contributed by atoms with E-state index >= 15 is 0 Å². The lowest BCUT2D eigenvalue weighted by Gasteiger charge is -2.08. The molecule has 2 heterocycles. The molecule has 0 fully saturated rings. The number of aromatic nitrogens is 2. The van der Waals surface area contributed by atoms with Gasteiger partial charge in [-0.25, -0.2) is 9.37 Å². The zero-order chi connectivity index (χ0) is 12.3. The van der Waals surface area contributed by atoms with E-state index in [-0.39, 0.29) is 11.9 Å². The van der Waals surface area contributed by atoms with Crippen molar-refractivity contribution in [2.45, 2.75) is 19.9 Å². The van der Waals surface area contributed by atoms with Crippen LogP contribution in [-0.4, -0.2) is 16.5 Å². The SMILES string of the molecule is CCNC(C)c1csc(-c2ccncc2F)n1. The molecule has 3 nitrogen and oxygen atoms in total. The maximum absolute atomic E-state index is 13.5. The van der Waals surface area contributed by atoms with E-state index in [4.69, 9.17) is 0 Å². The van der Waals surface area contributed by atoms with Gasteiger partial charge in [0.1, 0.15) is 5.01 Å². The lowest BCUT2D eigenvalue weighted by Crippen LogP contribution is -2.17. The van der Waals surface area contributed by atoms with Gasteiger partial charge in [0.05, 0.1) is 11.9 Å². The molecule has 0 aromatic carbocycles. The van der Waals surface area contributed by atoms with Gasteiger partial charge in [0.25, 0.3) is 0 Å². The van der Waals surface area contributed by atoms with E-state index in [1.54, 1.807) is 12.3 Å². The maximum atomic E-state index is 13.5. The summed E-state index contributed by atoms with van der Waals surface area (Å²) in [6, 6.07) is 1.84. The summed E-state index contributed by atoms with van der Waals surface area (Å²) in [5, 5.41) is 5.94. The minimum Gasteiger partial charge on any atom is -0.309 e. The molecule has 2 aromatic heterocycles. The Morgan fingerprint density at radius 3 is 3.06 bits per heavy atom. The maximum Gasteiger partial charge on any atom is 0.151 e. The summed E-state index contributed by atoms with van der Waals surface area (Å²) in [7, 11) is 0. The molecule has 0 radical (unpaired) electrons. The highest BCUT2D eigenvalue weighted by atomic mass is 32.1. The first-order valence-corrected chi connectivity index (χ1v) is 6.39. The number of nitrogens with one attached hydrogen (secondary N) is 1. The predicted octanol–water partition coefficient (Wildman–Crippen LogP) is 3.01. The van der Waals surface area contributed by atoms with Crippen molar-refractivity contribution >= 4 is 11.3 Å². The second kappa shape index (κ2) is 5.33. The minimum absolute atomic E-state index is 0.190. The summed E-state index contributed by atoms with van der Waals surface area (Å²) in [4.78, 5) is 8.18. The summed E-state index contributed by atoms with van der Waals surface area (Å²) in [5.74, 6) is -0.329. The third-order valence-electron chi connectivity index (χ3n) is 2.48. The smallest absolute Gasteiger partial charge is 0.151 e. The standard InChI is InChI=1S/C12H14FN3S/c1-3-15-8(2)11-7-17-12(16-11)9-4-5-14-6-10(9)13/h4-8,15H,3H2,1-2H3. The largest absolute Gasteiger partial charge is 0.309 e. The van der Waals surface area contributed by atoms with Crippen molar-refractivity contribution in [1.29, 1.82) is 0 Å².